The number of carbonyl (C=O) groups excluding carboxylic acids is 1. The molecule has 18 heavy (non-hydrogen) atoms. The summed E-state index contributed by atoms with van der Waals surface area (Å²) in [5.41, 5.74) is -0.0752. The Bertz CT molecular complexity index is 293. The molecule has 2 rings (SSSR count). The molecule has 0 N–H and O–H groups in total. The molecule has 0 radical (unpaired) electrons. The molecule has 3 heteroatoms. The molecule has 1 heterocycles. The highest BCUT2D eigenvalue weighted by Gasteiger charge is 2.37. The molecule has 1 saturated heterocycles. The van der Waals surface area contributed by atoms with Crippen LogP contribution in [-0.4, -0.2) is 54.9 Å². The number of hydrogen-bond acceptors (Lipinski definition) is 3. The van der Waals surface area contributed by atoms with Crippen molar-refractivity contribution in [2.75, 3.05) is 39.3 Å². The van der Waals surface area contributed by atoms with E-state index in [0.717, 1.165) is 39.0 Å². The van der Waals surface area contributed by atoms with Gasteiger partial charge in [-0.25, -0.2) is 0 Å². The predicted molar refractivity (Wildman–Crippen MR) is 74.7 cm³/mol. The zero-order valence-electron chi connectivity index (χ0n) is 12.2. The van der Waals surface area contributed by atoms with Gasteiger partial charge in [-0.3, -0.25) is 4.79 Å². The van der Waals surface area contributed by atoms with Gasteiger partial charge in [-0.2, -0.15) is 0 Å². The van der Waals surface area contributed by atoms with Crippen LogP contribution >= 0.6 is 0 Å². The second kappa shape index (κ2) is 5.70. The van der Waals surface area contributed by atoms with Crippen molar-refractivity contribution in [2.24, 2.45) is 11.3 Å². The van der Waals surface area contributed by atoms with Gasteiger partial charge in [0.05, 0.1) is 0 Å². The second-order valence-corrected chi connectivity index (χ2v) is 6.57. The van der Waals surface area contributed by atoms with Gasteiger partial charge in [-0.15, -0.1) is 0 Å². The topological polar surface area (TPSA) is 23.6 Å². The molecule has 0 aromatic rings. The monoisotopic (exact) mass is 252 g/mol. The summed E-state index contributed by atoms with van der Waals surface area (Å²) >= 11 is 0. The van der Waals surface area contributed by atoms with Crippen LogP contribution in [0.15, 0.2) is 0 Å². The lowest BCUT2D eigenvalue weighted by Gasteiger charge is -2.39. The zero-order valence-corrected chi connectivity index (χ0v) is 12.2. The van der Waals surface area contributed by atoms with Crippen molar-refractivity contribution >= 4 is 5.78 Å². The molecule has 0 amide bonds. The molecule has 104 valence electrons. The maximum Gasteiger partial charge on any atom is 0.142 e. The summed E-state index contributed by atoms with van der Waals surface area (Å²) in [7, 11) is 0. The van der Waals surface area contributed by atoms with E-state index in [1.54, 1.807) is 0 Å². The van der Waals surface area contributed by atoms with Gasteiger partial charge in [0.15, 0.2) is 0 Å². The maximum atomic E-state index is 12.4. The number of ketones is 1. The summed E-state index contributed by atoms with van der Waals surface area (Å²) < 4.78 is 0. The molecular weight excluding hydrogens is 224 g/mol. The van der Waals surface area contributed by atoms with Crippen LogP contribution in [0.25, 0.3) is 0 Å². The number of Topliss-reactive ketones (excluding diaryl/α,β-unsaturated/α-hetero) is 1. The van der Waals surface area contributed by atoms with Gasteiger partial charge >= 0.3 is 0 Å². The fraction of sp³-hybridized carbons (Fsp3) is 0.933. The number of piperazine rings is 1. The van der Waals surface area contributed by atoms with Gasteiger partial charge in [-0.05, 0) is 19.4 Å². The molecule has 2 aliphatic rings. The van der Waals surface area contributed by atoms with E-state index in [4.69, 9.17) is 0 Å². The largest absolute Gasteiger partial charge is 0.301 e. The Morgan fingerprint density at radius 3 is 2.39 bits per heavy atom. The summed E-state index contributed by atoms with van der Waals surface area (Å²) in [6.07, 6.45) is 3.40. The van der Waals surface area contributed by atoms with Gasteiger partial charge in [0.1, 0.15) is 5.78 Å². The van der Waals surface area contributed by atoms with E-state index in [-0.39, 0.29) is 5.41 Å². The summed E-state index contributed by atoms with van der Waals surface area (Å²) in [6.45, 7) is 13.2. The quantitative estimate of drug-likeness (QED) is 0.768. The van der Waals surface area contributed by atoms with Crippen LogP contribution in [0.4, 0.5) is 0 Å². The average Bonchev–Trinajstić information content (AvgIpc) is 2.36. The van der Waals surface area contributed by atoms with E-state index in [1.807, 2.05) is 0 Å². The Morgan fingerprint density at radius 1 is 1.17 bits per heavy atom. The Morgan fingerprint density at radius 2 is 1.78 bits per heavy atom. The summed E-state index contributed by atoms with van der Waals surface area (Å²) in [6, 6.07) is 0. The third-order valence-electron chi connectivity index (χ3n) is 4.78. The van der Waals surface area contributed by atoms with Crippen LogP contribution in [-0.2, 0) is 4.79 Å². The Labute approximate surface area is 112 Å². The minimum atomic E-state index is -0.0752. The summed E-state index contributed by atoms with van der Waals surface area (Å²) in [4.78, 5) is 17.4. The van der Waals surface area contributed by atoms with Crippen LogP contribution in [0.2, 0.25) is 0 Å². The van der Waals surface area contributed by atoms with Gasteiger partial charge < -0.3 is 9.80 Å². The first-order chi connectivity index (χ1) is 8.53. The van der Waals surface area contributed by atoms with Crippen molar-refractivity contribution in [3.63, 3.8) is 0 Å². The van der Waals surface area contributed by atoms with E-state index in [9.17, 15) is 4.79 Å². The number of nitrogens with zero attached hydrogens (tertiary/aromatic N) is 2. The van der Waals surface area contributed by atoms with Crippen molar-refractivity contribution in [3.8, 4) is 0 Å². The van der Waals surface area contributed by atoms with Crippen LogP contribution in [0.3, 0.4) is 0 Å². The standard InChI is InChI=1S/C15H28N2O/c1-4-16-8-10-17(11-9-16)12-13-6-5-7-15(2,3)14(13)18/h13H,4-12H2,1-3H3. The molecule has 0 bridgehead atoms. The highest BCUT2D eigenvalue weighted by atomic mass is 16.1. The molecule has 2 fully saturated rings. The highest BCUT2D eigenvalue weighted by molar-refractivity contribution is 5.87. The van der Waals surface area contributed by atoms with Crippen molar-refractivity contribution in [2.45, 2.75) is 40.0 Å². The van der Waals surface area contributed by atoms with Crippen LogP contribution < -0.4 is 0 Å². The smallest absolute Gasteiger partial charge is 0.142 e. The maximum absolute atomic E-state index is 12.4. The average molecular weight is 252 g/mol. The van der Waals surface area contributed by atoms with Crippen molar-refractivity contribution < 1.29 is 4.79 Å². The van der Waals surface area contributed by atoms with Crippen molar-refractivity contribution in [1.29, 1.82) is 0 Å². The molecule has 1 atom stereocenters. The molecule has 1 saturated carbocycles. The lowest BCUT2D eigenvalue weighted by atomic mass is 9.71. The fourth-order valence-corrected chi connectivity index (χ4v) is 3.37. The zero-order chi connectivity index (χ0) is 13.2. The van der Waals surface area contributed by atoms with E-state index in [1.165, 1.54) is 19.5 Å². The fourth-order valence-electron chi connectivity index (χ4n) is 3.37. The first-order valence-corrected chi connectivity index (χ1v) is 7.52. The normalized spacial score (nSPS) is 30.6. The Hall–Kier alpha value is -0.410. The minimum Gasteiger partial charge on any atom is -0.301 e. The molecule has 1 unspecified atom stereocenters. The van der Waals surface area contributed by atoms with Gasteiger partial charge in [0, 0.05) is 44.1 Å². The van der Waals surface area contributed by atoms with E-state index < -0.39 is 0 Å². The first kappa shape index (κ1) is 14.0. The predicted octanol–water partition coefficient (Wildman–Crippen LogP) is 2.02. The number of carbonyl (C=O) groups is 1. The van der Waals surface area contributed by atoms with Crippen molar-refractivity contribution in [3.05, 3.63) is 0 Å². The first-order valence-electron chi connectivity index (χ1n) is 7.52. The molecule has 3 nitrogen and oxygen atoms in total. The molecular formula is C15H28N2O. The lowest BCUT2D eigenvalue weighted by Crippen LogP contribution is -2.49. The SMILES string of the molecule is CCN1CCN(CC2CCCC(C)(C)C2=O)CC1. The Kier molecular flexibility index (Phi) is 4.44. The molecule has 0 spiro atoms. The van der Waals surface area contributed by atoms with Gasteiger partial charge in [0.2, 0.25) is 0 Å². The van der Waals surface area contributed by atoms with Crippen LogP contribution in [0, 0.1) is 11.3 Å². The Balaban J connectivity index is 1.84. The van der Waals surface area contributed by atoms with Crippen LogP contribution in [0.1, 0.15) is 40.0 Å². The van der Waals surface area contributed by atoms with E-state index in [2.05, 4.69) is 30.6 Å². The molecule has 0 aromatic heterocycles. The number of hydrogen-bond donors (Lipinski definition) is 0. The third-order valence-corrected chi connectivity index (χ3v) is 4.78. The van der Waals surface area contributed by atoms with E-state index in [0.29, 0.717) is 11.7 Å². The van der Waals surface area contributed by atoms with Gasteiger partial charge in [0.25, 0.3) is 0 Å². The highest BCUT2D eigenvalue weighted by Crippen LogP contribution is 2.35. The lowest BCUT2D eigenvalue weighted by molar-refractivity contribution is -0.135. The van der Waals surface area contributed by atoms with Gasteiger partial charge in [-0.1, -0.05) is 27.2 Å². The number of likely N-dealkylation sites (N-methyl/N-ethyl adjacent to an activating group) is 1. The second-order valence-electron chi connectivity index (χ2n) is 6.57. The number of rotatable bonds is 3. The van der Waals surface area contributed by atoms with Crippen LogP contribution in [0.5, 0.6) is 0 Å². The minimum absolute atomic E-state index is 0.0752. The van der Waals surface area contributed by atoms with Crippen molar-refractivity contribution in [1.82, 2.24) is 9.80 Å². The summed E-state index contributed by atoms with van der Waals surface area (Å²) in [5, 5.41) is 0. The molecule has 1 aliphatic heterocycles. The summed E-state index contributed by atoms with van der Waals surface area (Å²) in [5.74, 6) is 0.800. The molecule has 0 aromatic carbocycles. The van der Waals surface area contributed by atoms with E-state index >= 15 is 0 Å². The molecule has 1 aliphatic carbocycles. The third kappa shape index (κ3) is 3.12.